The van der Waals surface area contributed by atoms with Gasteiger partial charge in [-0.05, 0) is 56.4 Å². The molecule has 1 aromatic heterocycles. The number of hydrogen-bond donors (Lipinski definition) is 2. The molecule has 7 heteroatoms. The fourth-order valence-corrected chi connectivity index (χ4v) is 3.56. The average Bonchev–Trinajstić information content (AvgIpc) is 2.62. The Balaban J connectivity index is 1.45. The molecule has 0 saturated heterocycles. The van der Waals surface area contributed by atoms with Gasteiger partial charge in [0.2, 0.25) is 0 Å². The Morgan fingerprint density at radius 1 is 1.24 bits per heavy atom. The summed E-state index contributed by atoms with van der Waals surface area (Å²) in [6, 6.07) is 6.35. The molecule has 0 atom stereocenters. The number of carboxylic acid groups (broad SMARTS) is 1. The Morgan fingerprint density at radius 2 is 2.00 bits per heavy atom. The maximum Gasteiger partial charge on any atom is 0.335 e. The van der Waals surface area contributed by atoms with Gasteiger partial charge in [-0.3, -0.25) is 4.79 Å². The number of nitrogens with one attached hydrogen (secondary N) is 1. The van der Waals surface area contributed by atoms with Crippen molar-refractivity contribution in [2.24, 2.45) is 0 Å². The highest BCUT2D eigenvalue weighted by molar-refractivity contribution is 7.99. The lowest BCUT2D eigenvalue weighted by Gasteiger charge is -2.14. The van der Waals surface area contributed by atoms with Crippen LogP contribution in [0.4, 0.5) is 0 Å². The Bertz CT molecular complexity index is 802. The standard InChI is InChI=1S/C18H20N2O4S/c21-16-14-4-1-2-5-15(14)19-18(20-16)25-11-3-10-24-13-8-6-12(7-9-13)17(22)23/h6-9H,1-5,10-11H2,(H,22,23)(H,19,20,21). The molecule has 0 fully saturated rings. The first-order valence-corrected chi connectivity index (χ1v) is 9.33. The van der Waals surface area contributed by atoms with E-state index in [1.54, 1.807) is 12.1 Å². The number of carboxylic acids is 1. The minimum absolute atomic E-state index is 0.00182. The van der Waals surface area contributed by atoms with Crippen LogP contribution in [-0.4, -0.2) is 33.4 Å². The zero-order valence-electron chi connectivity index (χ0n) is 13.8. The summed E-state index contributed by atoms with van der Waals surface area (Å²) in [7, 11) is 0. The molecule has 0 radical (unpaired) electrons. The molecule has 0 unspecified atom stereocenters. The van der Waals surface area contributed by atoms with E-state index in [2.05, 4.69) is 9.97 Å². The lowest BCUT2D eigenvalue weighted by Crippen LogP contribution is -2.21. The van der Waals surface area contributed by atoms with Crippen LogP contribution in [0.15, 0.2) is 34.2 Å². The quantitative estimate of drug-likeness (QED) is 0.448. The molecule has 25 heavy (non-hydrogen) atoms. The Hall–Kier alpha value is -2.28. The number of benzene rings is 1. The van der Waals surface area contributed by atoms with Crippen LogP contribution in [0, 0.1) is 0 Å². The van der Waals surface area contributed by atoms with Crippen LogP contribution >= 0.6 is 11.8 Å². The average molecular weight is 360 g/mol. The molecular formula is C18H20N2O4S. The summed E-state index contributed by atoms with van der Waals surface area (Å²) in [4.78, 5) is 30.3. The van der Waals surface area contributed by atoms with Crippen molar-refractivity contribution in [2.75, 3.05) is 12.4 Å². The molecule has 1 aromatic carbocycles. The number of rotatable bonds is 7. The van der Waals surface area contributed by atoms with Gasteiger partial charge >= 0.3 is 5.97 Å². The van der Waals surface area contributed by atoms with E-state index < -0.39 is 5.97 Å². The Kier molecular flexibility index (Phi) is 5.75. The number of aromatic carboxylic acids is 1. The smallest absolute Gasteiger partial charge is 0.335 e. The normalized spacial score (nSPS) is 13.3. The van der Waals surface area contributed by atoms with Crippen molar-refractivity contribution in [2.45, 2.75) is 37.3 Å². The maximum absolute atomic E-state index is 12.1. The molecule has 2 aromatic rings. The largest absolute Gasteiger partial charge is 0.494 e. The number of aromatic amines is 1. The van der Waals surface area contributed by atoms with E-state index in [1.165, 1.54) is 23.9 Å². The molecule has 1 aliphatic rings. The van der Waals surface area contributed by atoms with Gasteiger partial charge in [0, 0.05) is 11.3 Å². The van der Waals surface area contributed by atoms with Crippen LogP contribution in [0.1, 0.15) is 40.9 Å². The van der Waals surface area contributed by atoms with Gasteiger partial charge in [0.1, 0.15) is 5.75 Å². The summed E-state index contributed by atoms with van der Waals surface area (Å²) in [5.41, 5.74) is 2.04. The van der Waals surface area contributed by atoms with Crippen molar-refractivity contribution in [3.8, 4) is 5.75 Å². The van der Waals surface area contributed by atoms with E-state index >= 15 is 0 Å². The van der Waals surface area contributed by atoms with Crippen molar-refractivity contribution < 1.29 is 14.6 Å². The first kappa shape index (κ1) is 17.5. The topological polar surface area (TPSA) is 92.3 Å². The molecular weight excluding hydrogens is 340 g/mol. The summed E-state index contributed by atoms with van der Waals surface area (Å²) in [6.07, 6.45) is 4.68. The number of thioether (sulfide) groups is 1. The minimum atomic E-state index is -0.950. The van der Waals surface area contributed by atoms with Crippen molar-refractivity contribution in [1.29, 1.82) is 0 Å². The van der Waals surface area contributed by atoms with Crippen molar-refractivity contribution >= 4 is 17.7 Å². The van der Waals surface area contributed by atoms with Crippen LogP contribution in [-0.2, 0) is 12.8 Å². The molecule has 0 amide bonds. The number of ether oxygens (including phenoxy) is 1. The zero-order chi connectivity index (χ0) is 17.6. The van der Waals surface area contributed by atoms with Gasteiger partial charge < -0.3 is 14.8 Å². The summed E-state index contributed by atoms with van der Waals surface area (Å²) in [5.74, 6) is 0.486. The fraction of sp³-hybridized carbons (Fsp3) is 0.389. The molecule has 1 heterocycles. The van der Waals surface area contributed by atoms with Gasteiger partial charge in [-0.15, -0.1) is 0 Å². The number of aromatic nitrogens is 2. The molecule has 6 nitrogen and oxygen atoms in total. The maximum atomic E-state index is 12.1. The van der Waals surface area contributed by atoms with Gasteiger partial charge in [-0.2, -0.15) is 0 Å². The highest BCUT2D eigenvalue weighted by Crippen LogP contribution is 2.20. The summed E-state index contributed by atoms with van der Waals surface area (Å²) < 4.78 is 5.59. The molecule has 3 rings (SSSR count). The van der Waals surface area contributed by atoms with Crippen molar-refractivity contribution in [3.05, 3.63) is 51.4 Å². The molecule has 0 aliphatic heterocycles. The van der Waals surface area contributed by atoms with E-state index in [0.29, 0.717) is 17.5 Å². The summed E-state index contributed by atoms with van der Waals surface area (Å²) in [6.45, 7) is 0.522. The highest BCUT2D eigenvalue weighted by atomic mass is 32.2. The second-order valence-electron chi connectivity index (χ2n) is 5.88. The minimum Gasteiger partial charge on any atom is -0.494 e. The SMILES string of the molecule is O=C(O)c1ccc(OCCCSc2nc3c(c(=O)[nH]2)CCCC3)cc1. The number of hydrogen-bond acceptors (Lipinski definition) is 5. The van der Waals surface area contributed by atoms with Gasteiger partial charge in [0.25, 0.3) is 5.56 Å². The third-order valence-corrected chi connectivity index (χ3v) is 5.03. The third kappa shape index (κ3) is 4.63. The number of nitrogens with zero attached hydrogens (tertiary/aromatic N) is 1. The van der Waals surface area contributed by atoms with E-state index in [9.17, 15) is 9.59 Å². The molecule has 0 spiro atoms. The third-order valence-electron chi connectivity index (χ3n) is 4.07. The molecule has 0 bridgehead atoms. The summed E-state index contributed by atoms with van der Waals surface area (Å²) in [5, 5.41) is 9.53. The van der Waals surface area contributed by atoms with Gasteiger partial charge in [-0.1, -0.05) is 11.8 Å². The second kappa shape index (κ2) is 8.20. The van der Waals surface area contributed by atoms with Gasteiger partial charge in [0.05, 0.1) is 17.9 Å². The monoisotopic (exact) mass is 360 g/mol. The van der Waals surface area contributed by atoms with E-state index in [-0.39, 0.29) is 11.1 Å². The van der Waals surface area contributed by atoms with Crippen LogP contribution in [0.5, 0.6) is 5.75 Å². The predicted molar refractivity (Wildman–Crippen MR) is 95.7 cm³/mol. The first-order valence-electron chi connectivity index (χ1n) is 8.34. The van der Waals surface area contributed by atoms with Crippen LogP contribution in [0.25, 0.3) is 0 Å². The Labute approximate surface area is 149 Å². The predicted octanol–water partition coefficient (Wildman–Crippen LogP) is 2.91. The lowest BCUT2D eigenvalue weighted by molar-refractivity contribution is 0.0697. The summed E-state index contributed by atoms with van der Waals surface area (Å²) >= 11 is 1.52. The number of aryl methyl sites for hydroxylation is 1. The number of fused-ring (bicyclic) bond motifs is 1. The zero-order valence-corrected chi connectivity index (χ0v) is 14.6. The number of carbonyl (C=O) groups is 1. The fourth-order valence-electron chi connectivity index (χ4n) is 2.76. The first-order chi connectivity index (χ1) is 12.1. The van der Waals surface area contributed by atoms with Crippen molar-refractivity contribution in [1.82, 2.24) is 9.97 Å². The van der Waals surface area contributed by atoms with Crippen LogP contribution in [0.2, 0.25) is 0 Å². The lowest BCUT2D eigenvalue weighted by atomic mass is 9.97. The van der Waals surface area contributed by atoms with Gasteiger partial charge in [0.15, 0.2) is 5.16 Å². The Morgan fingerprint density at radius 3 is 2.76 bits per heavy atom. The molecule has 0 saturated carbocycles. The number of H-pyrrole nitrogens is 1. The molecule has 1 aliphatic carbocycles. The van der Waals surface area contributed by atoms with Crippen LogP contribution in [0.3, 0.4) is 0 Å². The van der Waals surface area contributed by atoms with E-state index in [4.69, 9.17) is 9.84 Å². The van der Waals surface area contributed by atoms with Crippen molar-refractivity contribution in [3.63, 3.8) is 0 Å². The second-order valence-corrected chi connectivity index (χ2v) is 6.97. The van der Waals surface area contributed by atoms with Crippen LogP contribution < -0.4 is 10.3 Å². The van der Waals surface area contributed by atoms with E-state index in [1.807, 2.05) is 0 Å². The van der Waals surface area contributed by atoms with E-state index in [0.717, 1.165) is 49.1 Å². The highest BCUT2D eigenvalue weighted by Gasteiger charge is 2.15. The van der Waals surface area contributed by atoms with Gasteiger partial charge in [-0.25, -0.2) is 9.78 Å². The molecule has 132 valence electrons. The molecule has 2 N–H and O–H groups in total.